The number of primary amides is 1. The topological polar surface area (TPSA) is 85.8 Å². The molecule has 1 aromatic carbocycles. The molecule has 7 heteroatoms. The van der Waals surface area contributed by atoms with Crippen molar-refractivity contribution in [3.05, 3.63) is 59.1 Å². The number of amides is 1. The SMILES string of the molecule is CNc1cc(-n2cc(C(N)=O)c(-c3cc(Cl)ccc3C)c2)ncn1. The molecule has 0 fully saturated rings. The Morgan fingerprint density at radius 1 is 1.21 bits per heavy atom. The number of carbonyl (C=O) groups excluding carboxylic acids is 1. The molecule has 0 aliphatic carbocycles. The second kappa shape index (κ2) is 6.33. The van der Waals surface area contributed by atoms with Gasteiger partial charge in [-0.3, -0.25) is 4.79 Å². The fourth-order valence-electron chi connectivity index (χ4n) is 2.51. The van der Waals surface area contributed by atoms with Crippen molar-refractivity contribution >= 4 is 23.3 Å². The van der Waals surface area contributed by atoms with Crippen LogP contribution in [-0.2, 0) is 0 Å². The molecular weight excluding hydrogens is 326 g/mol. The number of nitrogens with two attached hydrogens (primary N) is 1. The highest BCUT2D eigenvalue weighted by Gasteiger charge is 2.17. The van der Waals surface area contributed by atoms with Crippen molar-refractivity contribution in [2.24, 2.45) is 5.73 Å². The minimum absolute atomic E-state index is 0.407. The minimum atomic E-state index is -0.508. The van der Waals surface area contributed by atoms with Crippen molar-refractivity contribution in [3.63, 3.8) is 0 Å². The zero-order valence-corrected chi connectivity index (χ0v) is 14.0. The van der Waals surface area contributed by atoms with Crippen LogP contribution < -0.4 is 11.1 Å². The molecule has 3 N–H and O–H groups in total. The summed E-state index contributed by atoms with van der Waals surface area (Å²) in [6.45, 7) is 1.96. The van der Waals surface area contributed by atoms with Crippen LogP contribution in [0.25, 0.3) is 16.9 Å². The van der Waals surface area contributed by atoms with Crippen LogP contribution in [0.5, 0.6) is 0 Å². The lowest BCUT2D eigenvalue weighted by Crippen LogP contribution is -2.11. The van der Waals surface area contributed by atoms with Crippen molar-refractivity contribution in [1.82, 2.24) is 14.5 Å². The number of aromatic nitrogens is 3. The third-order valence-corrected chi connectivity index (χ3v) is 3.99. The summed E-state index contributed by atoms with van der Waals surface area (Å²) in [6.07, 6.45) is 4.94. The summed E-state index contributed by atoms with van der Waals surface area (Å²) in [4.78, 5) is 20.2. The second-order valence-corrected chi connectivity index (χ2v) is 5.76. The Morgan fingerprint density at radius 3 is 2.71 bits per heavy atom. The van der Waals surface area contributed by atoms with E-state index in [0.29, 0.717) is 27.8 Å². The molecule has 2 heterocycles. The Balaban J connectivity index is 2.18. The highest BCUT2D eigenvalue weighted by Crippen LogP contribution is 2.31. The smallest absolute Gasteiger partial charge is 0.250 e. The Hall–Kier alpha value is -2.86. The van der Waals surface area contributed by atoms with Gasteiger partial charge in [0.2, 0.25) is 0 Å². The predicted molar refractivity (Wildman–Crippen MR) is 94.6 cm³/mol. The summed E-state index contributed by atoms with van der Waals surface area (Å²) < 4.78 is 1.75. The van der Waals surface area contributed by atoms with Crippen LogP contribution in [0.3, 0.4) is 0 Å². The van der Waals surface area contributed by atoms with Crippen LogP contribution in [0.15, 0.2) is 43.0 Å². The molecule has 0 radical (unpaired) electrons. The van der Waals surface area contributed by atoms with Gasteiger partial charge in [0.25, 0.3) is 5.91 Å². The van der Waals surface area contributed by atoms with Crippen LogP contribution in [0.4, 0.5) is 5.82 Å². The Bertz CT molecular complexity index is 919. The number of nitrogens with one attached hydrogen (secondary N) is 1. The first-order valence-corrected chi connectivity index (χ1v) is 7.66. The highest BCUT2D eigenvalue weighted by molar-refractivity contribution is 6.31. The van der Waals surface area contributed by atoms with E-state index in [1.54, 1.807) is 23.9 Å². The summed E-state index contributed by atoms with van der Waals surface area (Å²) >= 11 is 6.11. The van der Waals surface area contributed by atoms with Crippen molar-refractivity contribution in [2.75, 3.05) is 12.4 Å². The second-order valence-electron chi connectivity index (χ2n) is 5.33. The van der Waals surface area contributed by atoms with E-state index in [2.05, 4.69) is 15.3 Å². The molecule has 0 spiro atoms. The summed E-state index contributed by atoms with van der Waals surface area (Å²) in [5.74, 6) is 0.795. The van der Waals surface area contributed by atoms with Crippen molar-refractivity contribution < 1.29 is 4.79 Å². The molecule has 0 saturated heterocycles. The summed E-state index contributed by atoms with van der Waals surface area (Å²) in [7, 11) is 1.78. The molecule has 6 nitrogen and oxygen atoms in total. The summed E-state index contributed by atoms with van der Waals surface area (Å²) in [5.41, 5.74) is 8.54. The van der Waals surface area contributed by atoms with Crippen LogP contribution in [0, 0.1) is 6.92 Å². The number of nitrogens with zero attached hydrogens (tertiary/aromatic N) is 3. The van der Waals surface area contributed by atoms with Crippen LogP contribution in [0.1, 0.15) is 15.9 Å². The molecule has 0 saturated carbocycles. The zero-order valence-electron chi connectivity index (χ0n) is 13.2. The third-order valence-electron chi connectivity index (χ3n) is 3.76. The third kappa shape index (κ3) is 2.96. The van der Waals surface area contributed by atoms with Gasteiger partial charge in [0.05, 0.1) is 5.56 Å². The maximum atomic E-state index is 11.9. The molecule has 0 unspecified atom stereocenters. The van der Waals surface area contributed by atoms with Gasteiger partial charge < -0.3 is 15.6 Å². The van der Waals surface area contributed by atoms with Crippen molar-refractivity contribution in [3.8, 4) is 16.9 Å². The molecule has 3 rings (SSSR count). The first kappa shape index (κ1) is 16.0. The maximum Gasteiger partial charge on any atom is 0.250 e. The molecule has 0 atom stereocenters. The number of anilines is 1. The molecule has 24 heavy (non-hydrogen) atoms. The Labute approximate surface area is 144 Å². The number of hydrogen-bond acceptors (Lipinski definition) is 4. The first-order valence-electron chi connectivity index (χ1n) is 7.28. The average Bonchev–Trinajstić information content (AvgIpc) is 3.02. The van der Waals surface area contributed by atoms with Gasteiger partial charge in [-0.15, -0.1) is 0 Å². The van der Waals surface area contributed by atoms with Gasteiger partial charge in [-0.05, 0) is 30.2 Å². The lowest BCUT2D eigenvalue weighted by Gasteiger charge is -2.06. The maximum absolute atomic E-state index is 11.9. The average molecular weight is 342 g/mol. The van der Waals surface area contributed by atoms with Gasteiger partial charge in [0.1, 0.15) is 18.0 Å². The quantitative estimate of drug-likeness (QED) is 0.763. The van der Waals surface area contributed by atoms with E-state index in [1.807, 2.05) is 31.3 Å². The van der Waals surface area contributed by atoms with E-state index < -0.39 is 5.91 Å². The first-order chi connectivity index (χ1) is 11.5. The molecule has 0 bridgehead atoms. The van der Waals surface area contributed by atoms with Gasteiger partial charge in [0.15, 0.2) is 0 Å². The predicted octanol–water partition coefficient (Wildman–Crippen LogP) is 3.04. The monoisotopic (exact) mass is 341 g/mol. The molecular formula is C17H16ClN5O. The van der Waals surface area contributed by atoms with E-state index in [-0.39, 0.29) is 0 Å². The standard InChI is InChI=1S/C17H16ClN5O/c1-10-3-4-11(18)5-12(10)13-7-23(8-14(13)17(19)24)16-6-15(20-2)21-9-22-16/h3-9H,1-2H3,(H2,19,24)(H,20,21,22). The number of halogens is 1. The summed E-state index contributed by atoms with van der Waals surface area (Å²) in [5, 5.41) is 3.55. The Kier molecular flexibility index (Phi) is 4.22. The number of hydrogen-bond donors (Lipinski definition) is 2. The lowest BCUT2D eigenvalue weighted by atomic mass is 10.00. The zero-order chi connectivity index (χ0) is 17.3. The van der Waals surface area contributed by atoms with Crippen molar-refractivity contribution in [2.45, 2.75) is 6.92 Å². The fraction of sp³-hybridized carbons (Fsp3) is 0.118. The minimum Gasteiger partial charge on any atom is -0.373 e. The van der Waals surface area contributed by atoms with E-state index in [9.17, 15) is 4.79 Å². The van der Waals surface area contributed by atoms with E-state index in [0.717, 1.165) is 11.1 Å². The van der Waals surface area contributed by atoms with Gasteiger partial charge in [0, 0.05) is 36.1 Å². The van der Waals surface area contributed by atoms with Crippen molar-refractivity contribution in [1.29, 1.82) is 0 Å². The van der Waals surface area contributed by atoms with E-state index >= 15 is 0 Å². The van der Waals surface area contributed by atoms with Gasteiger partial charge in [-0.2, -0.15) is 0 Å². The molecule has 3 aromatic rings. The van der Waals surface area contributed by atoms with Crippen LogP contribution in [-0.4, -0.2) is 27.5 Å². The summed E-state index contributed by atoms with van der Waals surface area (Å²) in [6, 6.07) is 7.32. The normalized spacial score (nSPS) is 10.6. The molecule has 2 aromatic heterocycles. The molecule has 122 valence electrons. The van der Waals surface area contributed by atoms with Gasteiger partial charge in [-0.25, -0.2) is 9.97 Å². The molecule has 0 aliphatic heterocycles. The molecule has 0 aliphatic rings. The number of aryl methyl sites for hydroxylation is 1. The van der Waals surface area contributed by atoms with Crippen LogP contribution in [0.2, 0.25) is 5.02 Å². The fourth-order valence-corrected chi connectivity index (χ4v) is 2.68. The molecule has 1 amide bonds. The number of carbonyl (C=O) groups is 1. The van der Waals surface area contributed by atoms with Gasteiger partial charge >= 0.3 is 0 Å². The lowest BCUT2D eigenvalue weighted by molar-refractivity contribution is 0.100. The largest absolute Gasteiger partial charge is 0.373 e. The Morgan fingerprint density at radius 2 is 2.00 bits per heavy atom. The van der Waals surface area contributed by atoms with E-state index in [1.165, 1.54) is 6.33 Å². The number of rotatable bonds is 4. The highest BCUT2D eigenvalue weighted by atomic mass is 35.5. The van der Waals surface area contributed by atoms with Gasteiger partial charge in [-0.1, -0.05) is 17.7 Å². The van der Waals surface area contributed by atoms with E-state index in [4.69, 9.17) is 17.3 Å². The number of benzene rings is 1. The van der Waals surface area contributed by atoms with Crippen LogP contribution >= 0.6 is 11.6 Å².